The Hall–Kier alpha value is -2.09. The second kappa shape index (κ2) is 5.91. The molecule has 1 saturated heterocycles. The van der Waals surface area contributed by atoms with Gasteiger partial charge < -0.3 is 9.47 Å². The number of benzene rings is 1. The third-order valence-corrected chi connectivity index (χ3v) is 2.90. The van der Waals surface area contributed by atoms with Gasteiger partial charge in [-0.25, -0.2) is 13.6 Å². The fraction of sp³-hybridized carbons (Fsp3) is 0.417. The summed E-state index contributed by atoms with van der Waals surface area (Å²) in [4.78, 5) is 21.7. The van der Waals surface area contributed by atoms with Gasteiger partial charge in [-0.15, -0.1) is 0 Å². The fourth-order valence-corrected chi connectivity index (χ4v) is 1.86. The lowest BCUT2D eigenvalue weighted by Gasteiger charge is -2.22. The van der Waals surface area contributed by atoms with Crippen molar-refractivity contribution >= 4 is 11.7 Å². The van der Waals surface area contributed by atoms with E-state index >= 15 is 0 Å². The van der Waals surface area contributed by atoms with Crippen molar-refractivity contribution in [3.8, 4) is 0 Å². The average Bonchev–Trinajstić information content (AvgIpc) is 2.42. The SMILES string of the molecule is O=C(OC1CCOCC1)c1cc(F)c(F)cc1[N+](=O)[O-]. The first kappa shape index (κ1) is 14.3. The van der Waals surface area contributed by atoms with Crippen molar-refractivity contribution in [2.45, 2.75) is 18.9 Å². The van der Waals surface area contributed by atoms with Gasteiger partial charge >= 0.3 is 5.97 Å². The summed E-state index contributed by atoms with van der Waals surface area (Å²) in [5.41, 5.74) is -1.42. The van der Waals surface area contributed by atoms with Crippen LogP contribution in [-0.2, 0) is 9.47 Å². The Labute approximate surface area is 112 Å². The van der Waals surface area contributed by atoms with Crippen molar-refractivity contribution in [1.82, 2.24) is 0 Å². The summed E-state index contributed by atoms with van der Waals surface area (Å²) in [5.74, 6) is -3.77. The van der Waals surface area contributed by atoms with Gasteiger partial charge in [0.15, 0.2) is 11.6 Å². The molecule has 1 fully saturated rings. The summed E-state index contributed by atoms with van der Waals surface area (Å²) in [6.07, 6.45) is 0.482. The average molecular weight is 287 g/mol. The predicted molar refractivity (Wildman–Crippen MR) is 62.3 cm³/mol. The highest BCUT2D eigenvalue weighted by atomic mass is 19.2. The van der Waals surface area contributed by atoms with E-state index in [9.17, 15) is 23.7 Å². The number of rotatable bonds is 3. The number of esters is 1. The van der Waals surface area contributed by atoms with Gasteiger partial charge in [0.25, 0.3) is 5.69 Å². The summed E-state index contributed by atoms with van der Waals surface area (Å²) < 4.78 is 36.3. The van der Waals surface area contributed by atoms with Gasteiger partial charge in [-0.3, -0.25) is 10.1 Å². The van der Waals surface area contributed by atoms with Gasteiger partial charge in [0.05, 0.1) is 24.2 Å². The van der Waals surface area contributed by atoms with Crippen molar-refractivity contribution in [2.75, 3.05) is 13.2 Å². The number of carbonyl (C=O) groups excluding carboxylic acids is 1. The van der Waals surface area contributed by atoms with Crippen LogP contribution in [0.2, 0.25) is 0 Å². The standard InChI is InChI=1S/C12H11F2NO5/c13-9-5-8(11(15(17)18)6-10(9)14)12(16)20-7-1-3-19-4-2-7/h5-7H,1-4H2. The number of hydrogen-bond donors (Lipinski definition) is 0. The number of halogens is 2. The zero-order chi connectivity index (χ0) is 14.7. The number of nitro benzene ring substituents is 1. The Kier molecular flexibility index (Phi) is 4.23. The third kappa shape index (κ3) is 3.08. The van der Waals surface area contributed by atoms with E-state index in [2.05, 4.69) is 0 Å². The molecule has 1 heterocycles. The van der Waals surface area contributed by atoms with Crippen molar-refractivity contribution in [3.05, 3.63) is 39.4 Å². The summed E-state index contributed by atoms with van der Waals surface area (Å²) in [6, 6.07) is 0.852. The Bertz CT molecular complexity index is 543. The largest absolute Gasteiger partial charge is 0.458 e. The Morgan fingerprint density at radius 1 is 1.30 bits per heavy atom. The lowest BCUT2D eigenvalue weighted by atomic mass is 10.1. The highest BCUT2D eigenvalue weighted by molar-refractivity contribution is 5.94. The van der Waals surface area contributed by atoms with E-state index in [0.717, 1.165) is 0 Å². The van der Waals surface area contributed by atoms with Crippen molar-refractivity contribution in [1.29, 1.82) is 0 Å². The van der Waals surface area contributed by atoms with Crippen LogP contribution >= 0.6 is 0 Å². The molecule has 1 aromatic carbocycles. The van der Waals surface area contributed by atoms with E-state index < -0.39 is 39.9 Å². The first-order valence-corrected chi connectivity index (χ1v) is 5.91. The zero-order valence-electron chi connectivity index (χ0n) is 10.3. The molecule has 0 atom stereocenters. The third-order valence-electron chi connectivity index (χ3n) is 2.90. The van der Waals surface area contributed by atoms with Crippen molar-refractivity contribution in [2.24, 2.45) is 0 Å². The molecule has 0 N–H and O–H groups in total. The first-order valence-electron chi connectivity index (χ1n) is 5.91. The minimum absolute atomic E-state index is 0.371. The van der Waals surface area contributed by atoms with E-state index in [1.807, 2.05) is 0 Å². The van der Waals surface area contributed by atoms with Gasteiger partial charge in [-0.2, -0.15) is 0 Å². The topological polar surface area (TPSA) is 78.7 Å². The van der Waals surface area contributed by atoms with Crippen LogP contribution in [0.3, 0.4) is 0 Å². The molecule has 1 aliphatic heterocycles. The molecule has 20 heavy (non-hydrogen) atoms. The molecule has 108 valence electrons. The Morgan fingerprint density at radius 3 is 2.50 bits per heavy atom. The van der Waals surface area contributed by atoms with Crippen LogP contribution in [0.5, 0.6) is 0 Å². The van der Waals surface area contributed by atoms with Gasteiger partial charge in [0.1, 0.15) is 11.7 Å². The van der Waals surface area contributed by atoms with Crippen LogP contribution in [0, 0.1) is 21.7 Å². The van der Waals surface area contributed by atoms with Gasteiger partial charge in [-0.05, 0) is 6.07 Å². The number of nitro groups is 1. The van der Waals surface area contributed by atoms with Gasteiger partial charge in [0.2, 0.25) is 0 Å². The second-order valence-electron chi connectivity index (χ2n) is 4.26. The molecule has 0 saturated carbocycles. The van der Waals surface area contributed by atoms with E-state index in [0.29, 0.717) is 38.2 Å². The molecule has 0 radical (unpaired) electrons. The number of ether oxygens (including phenoxy) is 2. The fourth-order valence-electron chi connectivity index (χ4n) is 1.86. The molecule has 0 aromatic heterocycles. The van der Waals surface area contributed by atoms with E-state index in [1.165, 1.54) is 0 Å². The minimum atomic E-state index is -1.39. The maximum Gasteiger partial charge on any atom is 0.345 e. The molecule has 6 nitrogen and oxygen atoms in total. The van der Waals surface area contributed by atoms with Gasteiger partial charge in [-0.1, -0.05) is 0 Å². The number of carbonyl (C=O) groups is 1. The van der Waals surface area contributed by atoms with Crippen LogP contribution in [0.25, 0.3) is 0 Å². The quantitative estimate of drug-likeness (QED) is 0.484. The number of hydrogen-bond acceptors (Lipinski definition) is 5. The first-order chi connectivity index (χ1) is 9.49. The van der Waals surface area contributed by atoms with Crippen LogP contribution < -0.4 is 0 Å². The summed E-state index contributed by atoms with van der Waals surface area (Å²) in [6.45, 7) is 0.829. The molecular formula is C12H11F2NO5. The minimum Gasteiger partial charge on any atom is -0.458 e. The van der Waals surface area contributed by atoms with Crippen LogP contribution in [0.1, 0.15) is 23.2 Å². The molecule has 0 unspecified atom stereocenters. The van der Waals surface area contributed by atoms with Gasteiger partial charge in [0, 0.05) is 12.8 Å². The highest BCUT2D eigenvalue weighted by Crippen LogP contribution is 2.24. The van der Waals surface area contributed by atoms with E-state index in [4.69, 9.17) is 9.47 Å². The predicted octanol–water partition coefficient (Wildman–Crippen LogP) is 2.21. The molecule has 0 bridgehead atoms. The van der Waals surface area contributed by atoms with E-state index in [1.54, 1.807) is 0 Å². The van der Waals surface area contributed by atoms with Crippen molar-refractivity contribution in [3.63, 3.8) is 0 Å². The lowest BCUT2D eigenvalue weighted by molar-refractivity contribution is -0.385. The van der Waals surface area contributed by atoms with Crippen LogP contribution in [0.4, 0.5) is 14.5 Å². The Morgan fingerprint density at radius 2 is 1.90 bits per heavy atom. The van der Waals surface area contributed by atoms with Crippen molar-refractivity contribution < 1.29 is 28.0 Å². The molecular weight excluding hydrogens is 276 g/mol. The maximum absolute atomic E-state index is 13.1. The second-order valence-corrected chi connectivity index (χ2v) is 4.26. The van der Waals surface area contributed by atoms with Crippen LogP contribution in [0.15, 0.2) is 12.1 Å². The summed E-state index contributed by atoms with van der Waals surface area (Å²) >= 11 is 0. The summed E-state index contributed by atoms with van der Waals surface area (Å²) in [5, 5.41) is 10.8. The monoisotopic (exact) mass is 287 g/mol. The summed E-state index contributed by atoms with van der Waals surface area (Å²) in [7, 11) is 0. The van der Waals surface area contributed by atoms with Crippen LogP contribution in [-0.4, -0.2) is 30.2 Å². The molecule has 0 amide bonds. The molecule has 2 rings (SSSR count). The maximum atomic E-state index is 13.1. The Balaban J connectivity index is 2.23. The zero-order valence-corrected chi connectivity index (χ0v) is 10.3. The lowest BCUT2D eigenvalue weighted by Crippen LogP contribution is -2.26. The van der Waals surface area contributed by atoms with E-state index in [-0.39, 0.29) is 0 Å². The molecule has 1 aliphatic rings. The molecule has 8 heteroatoms. The highest BCUT2D eigenvalue weighted by Gasteiger charge is 2.27. The number of nitrogens with zero attached hydrogens (tertiary/aromatic N) is 1. The normalized spacial score (nSPS) is 15.9. The molecule has 1 aromatic rings. The smallest absolute Gasteiger partial charge is 0.345 e. The molecule has 0 aliphatic carbocycles. The molecule has 0 spiro atoms.